The molecule has 1 aliphatic heterocycles. The molecule has 0 saturated carbocycles. The molecule has 0 bridgehead atoms. The molecule has 21 heavy (non-hydrogen) atoms. The molecule has 1 N–H and O–H groups in total. The molecule has 2 rings (SSSR count). The number of carbonyl (C=O) groups excluding carboxylic acids is 1. The highest BCUT2D eigenvalue weighted by atomic mass is 32.2. The van der Waals surface area contributed by atoms with Gasteiger partial charge in [-0.05, 0) is 38.1 Å². The van der Waals surface area contributed by atoms with Crippen LogP contribution in [0.3, 0.4) is 0 Å². The van der Waals surface area contributed by atoms with Crippen molar-refractivity contribution in [1.82, 2.24) is 9.62 Å². The van der Waals surface area contributed by atoms with Crippen LogP contribution >= 0.6 is 11.3 Å². The van der Waals surface area contributed by atoms with E-state index in [1.54, 1.807) is 28.5 Å². The van der Waals surface area contributed by atoms with Crippen molar-refractivity contribution in [1.29, 1.82) is 0 Å². The molecule has 1 aromatic rings. The highest BCUT2D eigenvalue weighted by molar-refractivity contribution is 7.91. The zero-order chi connectivity index (χ0) is 15.5. The van der Waals surface area contributed by atoms with Crippen LogP contribution in [0.1, 0.15) is 26.7 Å². The SMILES string of the molecule is CC(C)=CC(=O)N1CCC(NS(=O)(=O)c2cccs2)CC1. The third-order valence-electron chi connectivity index (χ3n) is 3.30. The number of nitrogens with zero attached hydrogens (tertiary/aromatic N) is 1. The molecule has 0 unspecified atom stereocenters. The smallest absolute Gasteiger partial charge is 0.250 e. The van der Waals surface area contributed by atoms with Gasteiger partial charge in [0.2, 0.25) is 15.9 Å². The number of amides is 1. The first-order valence-corrected chi connectivity index (χ1v) is 9.24. The third-order valence-corrected chi connectivity index (χ3v) is 6.22. The van der Waals surface area contributed by atoms with Gasteiger partial charge in [0.05, 0.1) is 0 Å². The Morgan fingerprint density at radius 1 is 1.38 bits per heavy atom. The fourth-order valence-corrected chi connectivity index (χ4v) is 4.56. The second-order valence-corrected chi connectivity index (χ2v) is 8.26. The number of piperidine rings is 1. The van der Waals surface area contributed by atoms with Gasteiger partial charge in [0.25, 0.3) is 0 Å². The van der Waals surface area contributed by atoms with Gasteiger partial charge < -0.3 is 4.90 Å². The Bertz CT molecular complexity index is 609. The van der Waals surface area contributed by atoms with Gasteiger partial charge in [0.15, 0.2) is 0 Å². The van der Waals surface area contributed by atoms with E-state index in [0.29, 0.717) is 30.1 Å². The van der Waals surface area contributed by atoms with Gasteiger partial charge in [-0.15, -0.1) is 11.3 Å². The summed E-state index contributed by atoms with van der Waals surface area (Å²) in [6, 6.07) is 3.22. The molecule has 0 radical (unpaired) electrons. The van der Waals surface area contributed by atoms with Gasteiger partial charge >= 0.3 is 0 Å². The summed E-state index contributed by atoms with van der Waals surface area (Å²) in [6.45, 7) is 4.94. The average molecular weight is 328 g/mol. The van der Waals surface area contributed by atoms with Crippen LogP contribution in [0.4, 0.5) is 0 Å². The third kappa shape index (κ3) is 4.39. The average Bonchev–Trinajstić information content (AvgIpc) is 2.93. The van der Waals surface area contributed by atoms with Crippen LogP contribution in [0.15, 0.2) is 33.4 Å². The molecular formula is C14H20N2O3S2. The number of hydrogen-bond acceptors (Lipinski definition) is 4. The summed E-state index contributed by atoms with van der Waals surface area (Å²) in [7, 11) is -3.42. The molecule has 116 valence electrons. The standard InChI is InChI=1S/C14H20N2O3S2/c1-11(2)10-13(17)16-7-5-12(6-8-16)15-21(18,19)14-4-3-9-20-14/h3-4,9-10,12,15H,5-8H2,1-2H3. The lowest BCUT2D eigenvalue weighted by Gasteiger charge is -2.31. The Hall–Kier alpha value is -1.18. The predicted octanol–water partition coefficient (Wildman–Crippen LogP) is 1.98. The minimum atomic E-state index is -3.42. The summed E-state index contributed by atoms with van der Waals surface area (Å²) in [5.41, 5.74) is 0.973. The van der Waals surface area contributed by atoms with Crippen LogP contribution in [0.5, 0.6) is 0 Å². The number of carbonyl (C=O) groups is 1. The minimum absolute atomic E-state index is 0.00886. The molecule has 0 atom stereocenters. The lowest BCUT2D eigenvalue weighted by atomic mass is 10.1. The van der Waals surface area contributed by atoms with Crippen molar-refractivity contribution in [2.24, 2.45) is 0 Å². The topological polar surface area (TPSA) is 66.5 Å². The Morgan fingerprint density at radius 2 is 2.05 bits per heavy atom. The van der Waals surface area contributed by atoms with Gasteiger partial charge in [0, 0.05) is 25.2 Å². The summed E-state index contributed by atoms with van der Waals surface area (Å²) in [6.07, 6.45) is 2.91. The van der Waals surface area contributed by atoms with Crippen molar-refractivity contribution in [3.8, 4) is 0 Å². The molecule has 1 aromatic heterocycles. The first kappa shape index (κ1) is 16.2. The predicted molar refractivity (Wildman–Crippen MR) is 83.7 cm³/mol. The number of likely N-dealkylation sites (tertiary alicyclic amines) is 1. The van der Waals surface area contributed by atoms with Gasteiger partial charge in [0.1, 0.15) is 4.21 Å². The first-order chi connectivity index (χ1) is 9.88. The molecule has 1 saturated heterocycles. The van der Waals surface area contributed by atoms with Crippen LogP contribution in [0.25, 0.3) is 0 Å². The molecule has 1 fully saturated rings. The van der Waals surface area contributed by atoms with E-state index < -0.39 is 10.0 Å². The van der Waals surface area contributed by atoms with Crippen LogP contribution in [-0.2, 0) is 14.8 Å². The monoisotopic (exact) mass is 328 g/mol. The fraction of sp³-hybridized carbons (Fsp3) is 0.500. The van der Waals surface area contributed by atoms with E-state index in [4.69, 9.17) is 0 Å². The molecule has 0 spiro atoms. The zero-order valence-corrected chi connectivity index (χ0v) is 13.8. The molecule has 0 aromatic carbocycles. The van der Waals surface area contributed by atoms with Crippen LogP contribution < -0.4 is 4.72 Å². The van der Waals surface area contributed by atoms with E-state index in [2.05, 4.69) is 4.72 Å². The van der Waals surface area contributed by atoms with E-state index in [0.717, 1.165) is 5.57 Å². The summed E-state index contributed by atoms with van der Waals surface area (Å²) in [5.74, 6) is 0.00886. The van der Waals surface area contributed by atoms with Gasteiger partial charge in [-0.3, -0.25) is 4.79 Å². The maximum Gasteiger partial charge on any atom is 0.250 e. The summed E-state index contributed by atoms with van der Waals surface area (Å²) < 4.78 is 27.3. The molecular weight excluding hydrogens is 308 g/mol. The molecule has 1 amide bonds. The van der Waals surface area contributed by atoms with Crippen LogP contribution in [0, 0.1) is 0 Å². The van der Waals surface area contributed by atoms with Gasteiger partial charge in [-0.1, -0.05) is 11.6 Å². The quantitative estimate of drug-likeness (QED) is 0.860. The highest BCUT2D eigenvalue weighted by Gasteiger charge is 2.26. The Morgan fingerprint density at radius 3 is 2.57 bits per heavy atom. The number of allylic oxidation sites excluding steroid dienone is 1. The van der Waals surface area contributed by atoms with Crippen molar-refractivity contribution in [2.75, 3.05) is 13.1 Å². The molecule has 2 heterocycles. The van der Waals surface area contributed by atoms with Crippen LogP contribution in [0.2, 0.25) is 0 Å². The lowest BCUT2D eigenvalue weighted by Crippen LogP contribution is -2.46. The number of sulfonamides is 1. The highest BCUT2D eigenvalue weighted by Crippen LogP contribution is 2.19. The fourth-order valence-electron chi connectivity index (χ4n) is 2.25. The van der Waals surface area contributed by atoms with Crippen molar-refractivity contribution in [3.05, 3.63) is 29.2 Å². The van der Waals surface area contributed by atoms with Crippen molar-refractivity contribution in [3.63, 3.8) is 0 Å². The number of hydrogen-bond donors (Lipinski definition) is 1. The van der Waals surface area contributed by atoms with E-state index in [1.807, 2.05) is 13.8 Å². The van der Waals surface area contributed by atoms with Gasteiger partial charge in [-0.25, -0.2) is 13.1 Å². The maximum absolute atomic E-state index is 12.1. The number of nitrogens with one attached hydrogen (secondary N) is 1. The van der Waals surface area contributed by atoms with Gasteiger partial charge in [-0.2, -0.15) is 0 Å². The summed E-state index contributed by atoms with van der Waals surface area (Å²) >= 11 is 1.21. The largest absolute Gasteiger partial charge is 0.339 e. The lowest BCUT2D eigenvalue weighted by molar-refractivity contribution is -0.127. The maximum atomic E-state index is 12.1. The van der Waals surface area contributed by atoms with E-state index in [9.17, 15) is 13.2 Å². The van der Waals surface area contributed by atoms with Crippen LogP contribution in [-0.4, -0.2) is 38.4 Å². The molecule has 5 nitrogen and oxygen atoms in total. The van der Waals surface area contributed by atoms with Crippen molar-refractivity contribution in [2.45, 2.75) is 36.9 Å². The zero-order valence-electron chi connectivity index (χ0n) is 12.2. The Balaban J connectivity index is 1.90. The summed E-state index contributed by atoms with van der Waals surface area (Å²) in [4.78, 5) is 13.7. The second-order valence-electron chi connectivity index (χ2n) is 5.37. The van der Waals surface area contributed by atoms with E-state index >= 15 is 0 Å². The second kappa shape index (κ2) is 6.72. The van der Waals surface area contributed by atoms with E-state index in [1.165, 1.54) is 11.3 Å². The van der Waals surface area contributed by atoms with Crippen molar-refractivity contribution < 1.29 is 13.2 Å². The Kier molecular flexibility index (Phi) is 5.18. The normalized spacial score (nSPS) is 16.8. The number of rotatable bonds is 4. The summed E-state index contributed by atoms with van der Waals surface area (Å²) in [5, 5.41) is 1.75. The molecule has 0 aliphatic carbocycles. The van der Waals surface area contributed by atoms with E-state index in [-0.39, 0.29) is 11.9 Å². The van der Waals surface area contributed by atoms with Crippen molar-refractivity contribution >= 4 is 27.3 Å². The first-order valence-electron chi connectivity index (χ1n) is 6.88. The molecule has 1 aliphatic rings. The minimum Gasteiger partial charge on any atom is -0.339 e. The molecule has 7 heteroatoms. The Labute approximate surface area is 129 Å². The number of thiophene rings is 1.